The highest BCUT2D eigenvalue weighted by Crippen LogP contribution is 2.24. The Morgan fingerprint density at radius 1 is 1.38 bits per heavy atom. The molecule has 2 N–H and O–H groups in total. The van der Waals surface area contributed by atoms with Crippen molar-refractivity contribution >= 4 is 6.03 Å². The number of halogens is 1. The number of piperidine rings is 1. The Morgan fingerprint density at radius 3 is 2.92 bits per heavy atom. The maximum atomic E-state index is 13.1. The molecule has 1 aromatic carbocycles. The summed E-state index contributed by atoms with van der Waals surface area (Å²) in [6.45, 7) is 2.04. The van der Waals surface area contributed by atoms with Crippen LogP contribution in [0.1, 0.15) is 36.6 Å². The van der Waals surface area contributed by atoms with E-state index in [2.05, 4.69) is 20.5 Å². The molecule has 1 fully saturated rings. The van der Waals surface area contributed by atoms with Gasteiger partial charge in [-0.2, -0.15) is 5.10 Å². The van der Waals surface area contributed by atoms with Crippen LogP contribution >= 0.6 is 0 Å². The van der Waals surface area contributed by atoms with Crippen LogP contribution in [0.15, 0.2) is 30.6 Å². The molecule has 0 bridgehead atoms. The fourth-order valence-corrected chi connectivity index (χ4v) is 3.06. The third-order valence-corrected chi connectivity index (χ3v) is 4.41. The summed E-state index contributed by atoms with van der Waals surface area (Å²) in [4.78, 5) is 18.2. The Kier molecular flexibility index (Phi) is 5.40. The zero-order valence-electron chi connectivity index (χ0n) is 13.5. The van der Waals surface area contributed by atoms with Crippen LogP contribution in [0.25, 0.3) is 0 Å². The fraction of sp³-hybridized carbons (Fsp3) is 0.471. The molecule has 1 saturated heterocycles. The summed E-state index contributed by atoms with van der Waals surface area (Å²) in [7, 11) is 0. The van der Waals surface area contributed by atoms with E-state index in [0.29, 0.717) is 12.5 Å². The number of urea groups is 1. The Labute approximate surface area is 140 Å². The average molecular weight is 331 g/mol. The predicted octanol–water partition coefficient (Wildman–Crippen LogP) is 2.47. The summed E-state index contributed by atoms with van der Waals surface area (Å²) in [5.74, 6) is 1.04. The number of carbonyl (C=O) groups excluding carboxylic acids is 1. The van der Waals surface area contributed by atoms with Gasteiger partial charge in [-0.05, 0) is 43.4 Å². The van der Waals surface area contributed by atoms with Crippen molar-refractivity contribution in [3.8, 4) is 0 Å². The number of H-pyrrole nitrogens is 1. The zero-order chi connectivity index (χ0) is 16.8. The Hall–Kier alpha value is -2.44. The highest BCUT2D eigenvalue weighted by atomic mass is 19.1. The molecule has 0 aliphatic carbocycles. The standard InChI is InChI=1S/C17H22FN5O/c18-15-5-1-3-13(11-15)4-2-8-19-17(24)23-9-6-14(7-10-23)16-20-12-21-22-16/h1,3,5,11-12,14H,2,4,6-10H2,(H,19,24)(H,20,21,22). The lowest BCUT2D eigenvalue weighted by atomic mass is 9.96. The number of aryl methyl sites for hydroxylation is 1. The number of rotatable bonds is 5. The minimum Gasteiger partial charge on any atom is -0.338 e. The van der Waals surface area contributed by atoms with E-state index in [1.807, 2.05) is 11.0 Å². The summed E-state index contributed by atoms with van der Waals surface area (Å²) in [6, 6.07) is 6.57. The van der Waals surface area contributed by atoms with Crippen LogP contribution in [0.5, 0.6) is 0 Å². The molecule has 2 aromatic rings. The summed E-state index contributed by atoms with van der Waals surface area (Å²) in [5.41, 5.74) is 0.956. The monoisotopic (exact) mass is 331 g/mol. The van der Waals surface area contributed by atoms with Crippen LogP contribution in [0.4, 0.5) is 9.18 Å². The second-order valence-electron chi connectivity index (χ2n) is 6.10. The molecule has 3 rings (SSSR count). The number of hydrogen-bond acceptors (Lipinski definition) is 3. The van der Waals surface area contributed by atoms with E-state index in [0.717, 1.165) is 50.2 Å². The number of carbonyl (C=O) groups is 1. The molecule has 7 heteroatoms. The molecule has 6 nitrogen and oxygen atoms in total. The van der Waals surface area contributed by atoms with Gasteiger partial charge in [-0.15, -0.1) is 0 Å². The highest BCUT2D eigenvalue weighted by molar-refractivity contribution is 5.74. The van der Waals surface area contributed by atoms with E-state index in [1.54, 1.807) is 6.07 Å². The van der Waals surface area contributed by atoms with Gasteiger partial charge in [-0.1, -0.05) is 12.1 Å². The number of likely N-dealkylation sites (tertiary alicyclic amines) is 1. The van der Waals surface area contributed by atoms with Crippen LogP contribution in [0, 0.1) is 5.82 Å². The van der Waals surface area contributed by atoms with E-state index in [9.17, 15) is 9.18 Å². The molecule has 0 radical (unpaired) electrons. The topological polar surface area (TPSA) is 73.9 Å². The number of nitrogens with zero attached hydrogens (tertiary/aromatic N) is 3. The molecule has 1 aromatic heterocycles. The number of nitrogens with one attached hydrogen (secondary N) is 2. The van der Waals surface area contributed by atoms with Gasteiger partial charge in [0.15, 0.2) is 0 Å². The van der Waals surface area contributed by atoms with Crippen molar-refractivity contribution < 1.29 is 9.18 Å². The fourth-order valence-electron chi connectivity index (χ4n) is 3.06. The SMILES string of the molecule is O=C(NCCCc1cccc(F)c1)N1CCC(c2ncn[nH]2)CC1. The van der Waals surface area contributed by atoms with E-state index in [1.165, 1.54) is 18.5 Å². The first-order chi connectivity index (χ1) is 11.7. The van der Waals surface area contributed by atoms with Crippen molar-refractivity contribution in [2.75, 3.05) is 19.6 Å². The van der Waals surface area contributed by atoms with E-state index >= 15 is 0 Å². The highest BCUT2D eigenvalue weighted by Gasteiger charge is 2.25. The lowest BCUT2D eigenvalue weighted by Crippen LogP contribution is -2.44. The molecule has 0 atom stereocenters. The minimum atomic E-state index is -0.217. The second-order valence-corrected chi connectivity index (χ2v) is 6.10. The molecular weight excluding hydrogens is 309 g/mol. The lowest BCUT2D eigenvalue weighted by Gasteiger charge is -2.31. The lowest BCUT2D eigenvalue weighted by molar-refractivity contribution is 0.180. The van der Waals surface area contributed by atoms with Crippen LogP contribution in [-0.4, -0.2) is 45.7 Å². The van der Waals surface area contributed by atoms with Crippen molar-refractivity contribution in [3.05, 3.63) is 47.8 Å². The maximum Gasteiger partial charge on any atom is 0.317 e. The molecule has 0 saturated carbocycles. The number of amides is 2. The van der Waals surface area contributed by atoms with E-state index in [-0.39, 0.29) is 11.8 Å². The molecule has 128 valence electrons. The zero-order valence-corrected chi connectivity index (χ0v) is 13.5. The number of aromatic amines is 1. The van der Waals surface area contributed by atoms with Crippen molar-refractivity contribution in [1.29, 1.82) is 0 Å². The smallest absolute Gasteiger partial charge is 0.317 e. The summed E-state index contributed by atoms with van der Waals surface area (Å²) in [5, 5.41) is 9.73. The molecule has 2 heterocycles. The van der Waals surface area contributed by atoms with Gasteiger partial charge in [0.2, 0.25) is 0 Å². The molecule has 0 unspecified atom stereocenters. The Bertz CT molecular complexity index is 653. The first-order valence-electron chi connectivity index (χ1n) is 8.35. The van der Waals surface area contributed by atoms with E-state index in [4.69, 9.17) is 0 Å². The van der Waals surface area contributed by atoms with Crippen molar-refractivity contribution in [3.63, 3.8) is 0 Å². The molecule has 2 amide bonds. The minimum absolute atomic E-state index is 0.0229. The summed E-state index contributed by atoms with van der Waals surface area (Å²) in [6.07, 6.45) is 4.86. The van der Waals surface area contributed by atoms with Crippen LogP contribution in [0.2, 0.25) is 0 Å². The number of hydrogen-bond donors (Lipinski definition) is 2. The van der Waals surface area contributed by atoms with Crippen molar-refractivity contribution in [1.82, 2.24) is 25.4 Å². The van der Waals surface area contributed by atoms with Gasteiger partial charge in [0.05, 0.1) is 0 Å². The van der Waals surface area contributed by atoms with Gasteiger partial charge in [-0.25, -0.2) is 14.2 Å². The van der Waals surface area contributed by atoms with Gasteiger partial charge in [0.25, 0.3) is 0 Å². The first kappa shape index (κ1) is 16.4. The van der Waals surface area contributed by atoms with Gasteiger partial charge >= 0.3 is 6.03 Å². The van der Waals surface area contributed by atoms with Gasteiger partial charge < -0.3 is 10.2 Å². The van der Waals surface area contributed by atoms with Crippen molar-refractivity contribution in [2.45, 2.75) is 31.6 Å². The first-order valence-corrected chi connectivity index (χ1v) is 8.35. The normalized spacial score (nSPS) is 15.5. The summed E-state index contributed by atoms with van der Waals surface area (Å²) >= 11 is 0. The van der Waals surface area contributed by atoms with Crippen molar-refractivity contribution in [2.24, 2.45) is 0 Å². The van der Waals surface area contributed by atoms with Crippen LogP contribution in [0.3, 0.4) is 0 Å². The van der Waals surface area contributed by atoms with Crippen LogP contribution < -0.4 is 5.32 Å². The van der Waals surface area contributed by atoms with Gasteiger partial charge in [-0.3, -0.25) is 5.10 Å². The predicted molar refractivity (Wildman–Crippen MR) is 88.1 cm³/mol. The molecule has 1 aliphatic rings. The Morgan fingerprint density at radius 2 is 2.21 bits per heavy atom. The quantitative estimate of drug-likeness (QED) is 0.827. The second kappa shape index (κ2) is 7.90. The van der Waals surface area contributed by atoms with Crippen LogP contribution in [-0.2, 0) is 6.42 Å². The molecule has 0 spiro atoms. The number of benzene rings is 1. The summed E-state index contributed by atoms with van der Waals surface area (Å²) < 4.78 is 13.1. The third-order valence-electron chi connectivity index (χ3n) is 4.41. The third kappa shape index (κ3) is 4.31. The van der Waals surface area contributed by atoms with Gasteiger partial charge in [0, 0.05) is 25.6 Å². The largest absolute Gasteiger partial charge is 0.338 e. The Balaban J connectivity index is 1.35. The molecule has 1 aliphatic heterocycles. The maximum absolute atomic E-state index is 13.1. The average Bonchev–Trinajstić information content (AvgIpc) is 3.13. The van der Waals surface area contributed by atoms with E-state index < -0.39 is 0 Å². The molecule has 24 heavy (non-hydrogen) atoms. The molecular formula is C17H22FN5O. The number of aromatic nitrogens is 3. The van der Waals surface area contributed by atoms with Gasteiger partial charge in [0.1, 0.15) is 18.0 Å².